The standard InChI is InChI=1S/C14H24O3Si/c1-12(15-5)16-18(11-14(2,3)4)17-13-9-7-6-8-10-13/h6-10,12,18H,11H2,1-5H3. The highest BCUT2D eigenvalue weighted by Crippen LogP contribution is 2.24. The minimum atomic E-state index is -1.79. The summed E-state index contributed by atoms with van der Waals surface area (Å²) in [5.41, 5.74) is 0.194. The van der Waals surface area contributed by atoms with Gasteiger partial charge in [0, 0.05) is 13.2 Å². The van der Waals surface area contributed by atoms with Crippen molar-refractivity contribution in [2.24, 2.45) is 5.41 Å². The van der Waals surface area contributed by atoms with E-state index in [-0.39, 0.29) is 11.7 Å². The molecule has 2 atom stereocenters. The van der Waals surface area contributed by atoms with E-state index in [1.165, 1.54) is 0 Å². The van der Waals surface area contributed by atoms with E-state index in [0.29, 0.717) is 0 Å². The zero-order valence-electron chi connectivity index (χ0n) is 12.0. The van der Waals surface area contributed by atoms with Crippen LogP contribution in [-0.4, -0.2) is 22.7 Å². The van der Waals surface area contributed by atoms with Gasteiger partial charge in [-0.3, -0.25) is 0 Å². The van der Waals surface area contributed by atoms with Crippen LogP contribution in [0.3, 0.4) is 0 Å². The average molecular weight is 268 g/mol. The van der Waals surface area contributed by atoms with Crippen LogP contribution in [0.4, 0.5) is 0 Å². The highest BCUT2D eigenvalue weighted by molar-refractivity contribution is 6.45. The van der Waals surface area contributed by atoms with Gasteiger partial charge in [-0.1, -0.05) is 39.0 Å². The number of rotatable bonds is 6. The molecule has 1 rings (SSSR count). The fourth-order valence-electron chi connectivity index (χ4n) is 1.54. The van der Waals surface area contributed by atoms with E-state index in [4.69, 9.17) is 13.6 Å². The minimum absolute atomic E-state index is 0.194. The molecule has 0 aliphatic carbocycles. The Hall–Kier alpha value is -0.843. The Morgan fingerprint density at radius 2 is 1.78 bits per heavy atom. The molecule has 18 heavy (non-hydrogen) atoms. The fraction of sp³-hybridized carbons (Fsp3) is 0.571. The van der Waals surface area contributed by atoms with Gasteiger partial charge in [0.25, 0.3) is 0 Å². The summed E-state index contributed by atoms with van der Waals surface area (Å²) in [5, 5.41) is 0. The zero-order valence-corrected chi connectivity index (χ0v) is 13.1. The quantitative estimate of drug-likeness (QED) is 0.585. The van der Waals surface area contributed by atoms with Crippen LogP contribution >= 0.6 is 0 Å². The molecule has 1 aromatic carbocycles. The lowest BCUT2D eigenvalue weighted by molar-refractivity contribution is -0.0506. The molecule has 0 aliphatic rings. The topological polar surface area (TPSA) is 27.7 Å². The molecule has 0 N–H and O–H groups in total. The Bertz CT molecular complexity index is 335. The number of hydrogen-bond acceptors (Lipinski definition) is 3. The highest BCUT2D eigenvalue weighted by atomic mass is 28.3. The number of methoxy groups -OCH3 is 1. The molecule has 0 spiro atoms. The lowest BCUT2D eigenvalue weighted by Crippen LogP contribution is -2.34. The van der Waals surface area contributed by atoms with Crippen LogP contribution in [-0.2, 0) is 9.16 Å². The molecule has 0 fully saturated rings. The van der Waals surface area contributed by atoms with Crippen molar-refractivity contribution in [3.63, 3.8) is 0 Å². The van der Waals surface area contributed by atoms with E-state index >= 15 is 0 Å². The first-order valence-electron chi connectivity index (χ1n) is 6.31. The van der Waals surface area contributed by atoms with Gasteiger partial charge < -0.3 is 13.6 Å². The number of para-hydroxylation sites is 1. The smallest absolute Gasteiger partial charge is 0.384 e. The zero-order chi connectivity index (χ0) is 13.6. The highest BCUT2D eigenvalue weighted by Gasteiger charge is 2.26. The summed E-state index contributed by atoms with van der Waals surface area (Å²) in [6, 6.07) is 10.8. The number of benzene rings is 1. The molecule has 0 saturated carbocycles. The van der Waals surface area contributed by atoms with Crippen molar-refractivity contribution in [1.82, 2.24) is 0 Å². The molecule has 0 saturated heterocycles. The first-order chi connectivity index (χ1) is 8.40. The van der Waals surface area contributed by atoms with Gasteiger partial charge in [0.05, 0.1) is 0 Å². The van der Waals surface area contributed by atoms with Crippen LogP contribution in [0.2, 0.25) is 6.04 Å². The molecule has 0 heterocycles. The summed E-state index contributed by atoms with van der Waals surface area (Å²) in [5.74, 6) is 0.877. The molecule has 4 heteroatoms. The second kappa shape index (κ2) is 6.92. The van der Waals surface area contributed by atoms with Gasteiger partial charge >= 0.3 is 9.28 Å². The maximum atomic E-state index is 6.00. The van der Waals surface area contributed by atoms with Crippen molar-refractivity contribution < 1.29 is 13.6 Å². The monoisotopic (exact) mass is 268 g/mol. The second-order valence-electron chi connectivity index (χ2n) is 5.56. The molecule has 0 radical (unpaired) electrons. The molecular formula is C14H24O3Si. The van der Waals surface area contributed by atoms with E-state index in [2.05, 4.69) is 20.8 Å². The third kappa shape index (κ3) is 6.19. The molecule has 0 aromatic heterocycles. The maximum absolute atomic E-state index is 6.00. The number of ether oxygens (including phenoxy) is 1. The third-order valence-corrected chi connectivity index (χ3v) is 5.25. The maximum Gasteiger partial charge on any atom is 0.384 e. The summed E-state index contributed by atoms with van der Waals surface area (Å²) in [7, 11) is -0.137. The fourth-order valence-corrected chi connectivity index (χ4v) is 3.77. The lowest BCUT2D eigenvalue weighted by atomic mass is 10.0. The first-order valence-corrected chi connectivity index (χ1v) is 8.06. The third-order valence-electron chi connectivity index (χ3n) is 2.47. The van der Waals surface area contributed by atoms with Crippen LogP contribution in [0.5, 0.6) is 5.75 Å². The van der Waals surface area contributed by atoms with Crippen molar-refractivity contribution in [3.8, 4) is 5.75 Å². The van der Waals surface area contributed by atoms with Gasteiger partial charge in [-0.25, -0.2) is 0 Å². The summed E-state index contributed by atoms with van der Waals surface area (Å²) in [6.07, 6.45) is -0.215. The van der Waals surface area contributed by atoms with E-state index < -0.39 is 9.28 Å². The van der Waals surface area contributed by atoms with Crippen LogP contribution in [0, 0.1) is 5.41 Å². The molecule has 0 amide bonds. The van der Waals surface area contributed by atoms with Gasteiger partial charge in [0.2, 0.25) is 0 Å². The van der Waals surface area contributed by atoms with Crippen molar-refractivity contribution >= 4 is 9.28 Å². The van der Waals surface area contributed by atoms with Gasteiger partial charge in [-0.05, 0) is 24.5 Å². The Balaban J connectivity index is 2.65. The van der Waals surface area contributed by atoms with Gasteiger partial charge in [0.1, 0.15) is 12.0 Å². The van der Waals surface area contributed by atoms with Crippen LogP contribution < -0.4 is 4.43 Å². The van der Waals surface area contributed by atoms with E-state index in [1.807, 2.05) is 37.3 Å². The Labute approximate surface area is 112 Å². The predicted molar refractivity (Wildman–Crippen MR) is 76.0 cm³/mol. The summed E-state index contributed by atoms with van der Waals surface area (Å²) in [4.78, 5) is 0. The minimum Gasteiger partial charge on any atom is -0.522 e. The molecule has 102 valence electrons. The SMILES string of the molecule is COC(C)O[SiH](CC(C)(C)C)Oc1ccccc1. The normalized spacial score (nSPS) is 15.2. The molecule has 0 bridgehead atoms. The van der Waals surface area contributed by atoms with E-state index in [1.54, 1.807) is 7.11 Å². The first kappa shape index (κ1) is 15.2. The second-order valence-corrected chi connectivity index (χ2v) is 7.34. The van der Waals surface area contributed by atoms with Crippen molar-refractivity contribution in [3.05, 3.63) is 30.3 Å². The molecule has 0 aliphatic heterocycles. The summed E-state index contributed by atoms with van der Waals surface area (Å²) < 4.78 is 17.0. The van der Waals surface area contributed by atoms with Crippen LogP contribution in [0.1, 0.15) is 27.7 Å². The van der Waals surface area contributed by atoms with Gasteiger partial charge in [-0.2, -0.15) is 0 Å². The largest absolute Gasteiger partial charge is 0.522 e. The Morgan fingerprint density at radius 1 is 1.17 bits per heavy atom. The van der Waals surface area contributed by atoms with Crippen LogP contribution in [0.25, 0.3) is 0 Å². The van der Waals surface area contributed by atoms with Gasteiger partial charge in [-0.15, -0.1) is 0 Å². The van der Waals surface area contributed by atoms with Crippen molar-refractivity contribution in [2.75, 3.05) is 7.11 Å². The Kier molecular flexibility index (Phi) is 5.85. The average Bonchev–Trinajstić information content (AvgIpc) is 2.27. The van der Waals surface area contributed by atoms with Crippen molar-refractivity contribution in [2.45, 2.75) is 40.0 Å². The van der Waals surface area contributed by atoms with E-state index in [9.17, 15) is 0 Å². The predicted octanol–water partition coefficient (Wildman–Crippen LogP) is 3.34. The van der Waals surface area contributed by atoms with Crippen molar-refractivity contribution in [1.29, 1.82) is 0 Å². The summed E-state index contributed by atoms with van der Waals surface area (Å²) >= 11 is 0. The van der Waals surface area contributed by atoms with Crippen LogP contribution in [0.15, 0.2) is 30.3 Å². The Morgan fingerprint density at radius 3 is 2.28 bits per heavy atom. The van der Waals surface area contributed by atoms with Gasteiger partial charge in [0.15, 0.2) is 0 Å². The number of hydrogen-bond donors (Lipinski definition) is 0. The molecular weight excluding hydrogens is 244 g/mol. The summed E-state index contributed by atoms with van der Waals surface area (Å²) in [6.45, 7) is 8.49. The molecule has 2 unspecified atom stereocenters. The molecule has 3 nitrogen and oxygen atoms in total. The lowest BCUT2D eigenvalue weighted by Gasteiger charge is -2.27. The van der Waals surface area contributed by atoms with E-state index in [0.717, 1.165) is 11.8 Å². The molecule has 1 aromatic rings.